The zero-order chi connectivity index (χ0) is 12.6. The van der Waals surface area contributed by atoms with Gasteiger partial charge in [-0.1, -0.05) is 6.58 Å². The molecule has 0 aromatic rings. The summed E-state index contributed by atoms with van der Waals surface area (Å²) in [5.74, 6) is -0.160. The Hall–Kier alpha value is -1.52. The standard InChI is InChI=1S/C11H17NO4/c1-7-6-11(5,8(13)15-7)12-9(14)16-10(2,3)4/h1,6H2,2-5H3,(H,12,14). The van der Waals surface area contributed by atoms with Crippen molar-refractivity contribution in [3.63, 3.8) is 0 Å². The van der Waals surface area contributed by atoms with Crippen LogP contribution in [0.1, 0.15) is 34.1 Å². The minimum atomic E-state index is -1.07. The van der Waals surface area contributed by atoms with Crippen molar-refractivity contribution in [2.45, 2.75) is 45.3 Å². The molecule has 16 heavy (non-hydrogen) atoms. The smallest absolute Gasteiger partial charge is 0.408 e. The maximum Gasteiger partial charge on any atom is 0.408 e. The van der Waals surface area contributed by atoms with E-state index in [1.54, 1.807) is 27.7 Å². The number of hydrogen-bond acceptors (Lipinski definition) is 4. The van der Waals surface area contributed by atoms with Crippen LogP contribution in [0, 0.1) is 0 Å². The predicted molar refractivity (Wildman–Crippen MR) is 57.6 cm³/mol. The van der Waals surface area contributed by atoms with Gasteiger partial charge < -0.3 is 14.8 Å². The normalized spacial score (nSPS) is 25.2. The maximum absolute atomic E-state index is 11.5. The summed E-state index contributed by atoms with van der Waals surface area (Å²) in [6.45, 7) is 10.4. The van der Waals surface area contributed by atoms with Gasteiger partial charge in [-0.2, -0.15) is 0 Å². The Kier molecular flexibility index (Phi) is 2.99. The summed E-state index contributed by atoms with van der Waals surface area (Å²) in [7, 11) is 0. The molecule has 5 heteroatoms. The molecule has 1 fully saturated rings. The lowest BCUT2D eigenvalue weighted by Gasteiger charge is -2.24. The average Bonchev–Trinajstić information content (AvgIpc) is 2.19. The number of nitrogens with one attached hydrogen (secondary N) is 1. The van der Waals surface area contributed by atoms with Crippen molar-refractivity contribution in [1.82, 2.24) is 5.32 Å². The molecule has 1 aliphatic heterocycles. The van der Waals surface area contributed by atoms with Gasteiger partial charge in [0.15, 0.2) is 0 Å². The summed E-state index contributed by atoms with van der Waals surface area (Å²) in [6, 6.07) is 0. The van der Waals surface area contributed by atoms with Gasteiger partial charge in [0.05, 0.1) is 0 Å². The van der Waals surface area contributed by atoms with Gasteiger partial charge in [-0.3, -0.25) is 0 Å². The van der Waals surface area contributed by atoms with Crippen molar-refractivity contribution in [2.75, 3.05) is 0 Å². The second-order valence-electron chi connectivity index (χ2n) is 5.06. The van der Waals surface area contributed by atoms with Crippen LogP contribution in [0.2, 0.25) is 0 Å². The van der Waals surface area contributed by atoms with Crippen LogP contribution in [0.25, 0.3) is 0 Å². The molecule has 0 spiro atoms. The van der Waals surface area contributed by atoms with Crippen LogP contribution in [0.4, 0.5) is 4.79 Å². The Balaban J connectivity index is 2.64. The molecule has 1 heterocycles. The molecule has 1 amide bonds. The minimum absolute atomic E-state index is 0.269. The third kappa shape index (κ3) is 2.98. The Labute approximate surface area is 94.8 Å². The van der Waals surface area contributed by atoms with Crippen molar-refractivity contribution in [2.24, 2.45) is 0 Å². The molecule has 1 aliphatic rings. The fraction of sp³-hybridized carbons (Fsp3) is 0.636. The molecule has 90 valence electrons. The van der Waals surface area contributed by atoms with Crippen LogP contribution < -0.4 is 5.32 Å². The first-order chi connectivity index (χ1) is 7.12. The van der Waals surface area contributed by atoms with Crippen LogP contribution in [-0.4, -0.2) is 23.2 Å². The Morgan fingerprint density at radius 2 is 2.12 bits per heavy atom. The van der Waals surface area contributed by atoms with Gasteiger partial charge in [-0.05, 0) is 27.7 Å². The van der Waals surface area contributed by atoms with E-state index in [0.717, 1.165) is 0 Å². The van der Waals surface area contributed by atoms with Gasteiger partial charge in [0.25, 0.3) is 0 Å². The van der Waals surface area contributed by atoms with E-state index in [0.29, 0.717) is 5.76 Å². The first-order valence-corrected chi connectivity index (χ1v) is 5.04. The van der Waals surface area contributed by atoms with Crippen LogP contribution in [0.5, 0.6) is 0 Å². The molecule has 5 nitrogen and oxygen atoms in total. The highest BCUT2D eigenvalue weighted by atomic mass is 16.6. The summed E-state index contributed by atoms with van der Waals surface area (Å²) in [6.07, 6.45) is -0.368. The van der Waals surface area contributed by atoms with Crippen molar-refractivity contribution >= 4 is 12.1 Å². The van der Waals surface area contributed by atoms with E-state index in [-0.39, 0.29) is 6.42 Å². The zero-order valence-electron chi connectivity index (χ0n) is 10.0. The number of amides is 1. The van der Waals surface area contributed by atoms with Crippen molar-refractivity contribution in [3.8, 4) is 0 Å². The van der Waals surface area contributed by atoms with E-state index in [2.05, 4.69) is 11.9 Å². The van der Waals surface area contributed by atoms with Crippen molar-refractivity contribution in [1.29, 1.82) is 0 Å². The van der Waals surface area contributed by atoms with Crippen LogP contribution >= 0.6 is 0 Å². The lowest BCUT2D eigenvalue weighted by Crippen LogP contribution is -2.50. The van der Waals surface area contributed by atoms with E-state index >= 15 is 0 Å². The second kappa shape index (κ2) is 3.81. The van der Waals surface area contributed by atoms with Crippen LogP contribution in [-0.2, 0) is 14.3 Å². The molecule has 1 N–H and O–H groups in total. The highest BCUT2D eigenvalue weighted by Crippen LogP contribution is 2.27. The van der Waals surface area contributed by atoms with E-state index in [1.807, 2.05) is 0 Å². The van der Waals surface area contributed by atoms with E-state index in [1.165, 1.54) is 0 Å². The molecular formula is C11H17NO4. The summed E-state index contributed by atoms with van der Waals surface area (Å²) in [5.41, 5.74) is -1.67. The largest absolute Gasteiger partial charge is 0.444 e. The van der Waals surface area contributed by atoms with Crippen molar-refractivity contribution < 1.29 is 19.1 Å². The Morgan fingerprint density at radius 1 is 1.56 bits per heavy atom. The maximum atomic E-state index is 11.5. The Bertz CT molecular complexity index is 342. The number of carbonyl (C=O) groups is 2. The van der Waals surface area contributed by atoms with E-state index in [9.17, 15) is 9.59 Å². The summed E-state index contributed by atoms with van der Waals surface area (Å²) in [5, 5.41) is 2.50. The number of hydrogen-bond donors (Lipinski definition) is 1. The van der Waals surface area contributed by atoms with Gasteiger partial charge in [-0.25, -0.2) is 9.59 Å². The van der Waals surface area contributed by atoms with Gasteiger partial charge in [-0.15, -0.1) is 0 Å². The van der Waals surface area contributed by atoms with Crippen molar-refractivity contribution in [3.05, 3.63) is 12.3 Å². The number of esters is 1. The fourth-order valence-corrected chi connectivity index (χ4v) is 1.37. The summed E-state index contributed by atoms with van der Waals surface area (Å²) in [4.78, 5) is 23.0. The van der Waals surface area contributed by atoms with Gasteiger partial charge in [0, 0.05) is 6.42 Å². The third-order valence-corrected chi connectivity index (χ3v) is 2.02. The molecule has 0 saturated carbocycles. The number of ether oxygens (including phenoxy) is 2. The number of alkyl carbamates (subject to hydrolysis) is 1. The molecule has 0 aromatic carbocycles. The highest BCUT2D eigenvalue weighted by Gasteiger charge is 2.44. The Morgan fingerprint density at radius 3 is 2.50 bits per heavy atom. The first kappa shape index (κ1) is 12.5. The monoisotopic (exact) mass is 227 g/mol. The lowest BCUT2D eigenvalue weighted by molar-refractivity contribution is -0.140. The fourth-order valence-electron chi connectivity index (χ4n) is 1.37. The molecule has 0 radical (unpaired) electrons. The third-order valence-electron chi connectivity index (χ3n) is 2.02. The molecule has 1 atom stereocenters. The van der Waals surface area contributed by atoms with E-state index in [4.69, 9.17) is 9.47 Å². The molecule has 0 aromatic heterocycles. The predicted octanol–water partition coefficient (Wildman–Crippen LogP) is 1.73. The summed E-state index contributed by atoms with van der Waals surface area (Å²) < 4.78 is 9.87. The number of cyclic esters (lactones) is 1. The quantitative estimate of drug-likeness (QED) is 0.693. The van der Waals surface area contributed by atoms with Gasteiger partial charge in [0.2, 0.25) is 0 Å². The highest BCUT2D eigenvalue weighted by molar-refractivity contribution is 5.88. The molecular weight excluding hydrogens is 210 g/mol. The molecule has 1 saturated heterocycles. The van der Waals surface area contributed by atoms with Crippen LogP contribution in [0.3, 0.4) is 0 Å². The molecule has 0 bridgehead atoms. The second-order valence-corrected chi connectivity index (χ2v) is 5.06. The number of rotatable bonds is 1. The number of carbonyl (C=O) groups excluding carboxylic acids is 2. The van der Waals surface area contributed by atoms with E-state index < -0.39 is 23.2 Å². The minimum Gasteiger partial charge on any atom is -0.444 e. The topological polar surface area (TPSA) is 64.6 Å². The van der Waals surface area contributed by atoms with Gasteiger partial charge in [0.1, 0.15) is 16.9 Å². The lowest BCUT2D eigenvalue weighted by atomic mass is 10.0. The van der Waals surface area contributed by atoms with Gasteiger partial charge >= 0.3 is 12.1 Å². The average molecular weight is 227 g/mol. The first-order valence-electron chi connectivity index (χ1n) is 5.04. The van der Waals surface area contributed by atoms with Crippen LogP contribution in [0.15, 0.2) is 12.3 Å². The zero-order valence-corrected chi connectivity index (χ0v) is 10.0. The summed E-state index contributed by atoms with van der Waals surface area (Å²) >= 11 is 0. The molecule has 1 unspecified atom stereocenters. The molecule has 1 rings (SSSR count). The molecule has 0 aliphatic carbocycles. The SMILES string of the molecule is C=C1CC(C)(NC(=O)OC(C)(C)C)C(=O)O1.